The topological polar surface area (TPSA) is 105 Å². The Kier molecular flexibility index (Phi) is 19.5. The molecule has 29 heavy (non-hydrogen) atoms. The van der Waals surface area contributed by atoms with Crippen LogP contribution >= 0.6 is 0 Å². The van der Waals surface area contributed by atoms with Gasteiger partial charge in [0.1, 0.15) is 0 Å². The maximum Gasteiger partial charge on any atom is 0.266 e. The number of hydrazine groups is 1. The van der Waals surface area contributed by atoms with Crippen LogP contribution in [-0.4, -0.2) is 62.5 Å². The van der Waals surface area contributed by atoms with Crippen molar-refractivity contribution in [3.8, 4) is 0 Å². The Morgan fingerprint density at radius 3 is 1.93 bits per heavy atom. The first-order valence-corrected chi connectivity index (χ1v) is 13.3. The molecule has 0 aromatic carbocycles. The van der Waals surface area contributed by atoms with Gasteiger partial charge < -0.3 is 4.74 Å². The lowest BCUT2D eigenvalue weighted by molar-refractivity contribution is 0.0253. The molecule has 0 bridgehead atoms. The van der Waals surface area contributed by atoms with Crippen LogP contribution in [0.2, 0.25) is 0 Å². The summed E-state index contributed by atoms with van der Waals surface area (Å²) in [7, 11) is -3.96. The molecule has 0 aromatic rings. The molecule has 0 fully saturated rings. The summed E-state index contributed by atoms with van der Waals surface area (Å²) in [5.74, 6) is 5.07. The molecule has 0 aliphatic rings. The molecule has 7 nitrogen and oxygen atoms in total. The first-order valence-electron chi connectivity index (χ1n) is 11.7. The van der Waals surface area contributed by atoms with Crippen LogP contribution < -0.4 is 11.3 Å². The number of nitrogens with one attached hydrogen (secondary N) is 1. The number of hydrogen-bond donors (Lipinski definition) is 3. The summed E-state index contributed by atoms with van der Waals surface area (Å²) in [4.78, 5) is 1.97. The van der Waals surface area contributed by atoms with Crippen LogP contribution in [0.3, 0.4) is 0 Å². The lowest BCUT2D eigenvalue weighted by atomic mass is 10.0. The second-order valence-corrected chi connectivity index (χ2v) is 9.55. The van der Waals surface area contributed by atoms with E-state index in [2.05, 4.69) is 19.3 Å². The Bertz CT molecular complexity index is 435. The normalized spacial score (nSPS) is 12.3. The van der Waals surface area contributed by atoms with Crippen LogP contribution in [0.5, 0.6) is 0 Å². The predicted molar refractivity (Wildman–Crippen MR) is 122 cm³/mol. The van der Waals surface area contributed by atoms with E-state index in [9.17, 15) is 8.42 Å². The van der Waals surface area contributed by atoms with Crippen molar-refractivity contribution in [1.29, 1.82) is 0 Å². The minimum Gasteiger partial charge on any atom is -0.377 e. The van der Waals surface area contributed by atoms with Gasteiger partial charge in [0.05, 0.1) is 18.5 Å². The first kappa shape index (κ1) is 28.8. The lowest BCUT2D eigenvalue weighted by Gasteiger charge is -2.24. The second-order valence-electron chi connectivity index (χ2n) is 7.98. The van der Waals surface area contributed by atoms with Gasteiger partial charge in [-0.3, -0.25) is 20.7 Å². The molecular formula is C21H47N3O4S. The molecule has 0 aromatic heterocycles. The Hall–Kier alpha value is -0.250. The summed E-state index contributed by atoms with van der Waals surface area (Å²) in [5, 5.41) is 0. The third-order valence-corrected chi connectivity index (χ3v) is 5.96. The van der Waals surface area contributed by atoms with Gasteiger partial charge in [-0.2, -0.15) is 8.42 Å². The first-order chi connectivity index (χ1) is 13.9. The monoisotopic (exact) mass is 437 g/mol. The zero-order chi connectivity index (χ0) is 21.8. The average Bonchev–Trinajstić information content (AvgIpc) is 2.68. The van der Waals surface area contributed by atoms with Crippen LogP contribution in [0, 0.1) is 0 Å². The van der Waals surface area contributed by atoms with E-state index in [0.717, 1.165) is 12.8 Å². The summed E-state index contributed by atoms with van der Waals surface area (Å²) in [6, 6.07) is 0. The third kappa shape index (κ3) is 20.8. The molecule has 0 amide bonds. The van der Waals surface area contributed by atoms with Gasteiger partial charge in [-0.25, -0.2) is 0 Å². The summed E-state index contributed by atoms with van der Waals surface area (Å²) >= 11 is 0. The molecule has 4 N–H and O–H groups in total. The molecule has 0 heterocycles. The van der Waals surface area contributed by atoms with Gasteiger partial charge in [0.15, 0.2) is 0 Å². The largest absolute Gasteiger partial charge is 0.377 e. The van der Waals surface area contributed by atoms with E-state index in [4.69, 9.17) is 15.1 Å². The molecular weight excluding hydrogens is 390 g/mol. The minimum absolute atomic E-state index is 0.268. The quantitative estimate of drug-likeness (QED) is 0.102. The number of hydrogen-bond acceptors (Lipinski definition) is 6. The van der Waals surface area contributed by atoms with Crippen LogP contribution in [0.1, 0.15) is 90.9 Å². The molecule has 176 valence electrons. The number of rotatable bonds is 22. The van der Waals surface area contributed by atoms with Crippen molar-refractivity contribution in [3.05, 3.63) is 0 Å². The van der Waals surface area contributed by atoms with Gasteiger partial charge in [0.25, 0.3) is 10.1 Å². The molecule has 0 saturated heterocycles. The Labute approximate surface area is 179 Å². The van der Waals surface area contributed by atoms with Crippen molar-refractivity contribution in [2.75, 3.05) is 38.5 Å². The van der Waals surface area contributed by atoms with Crippen molar-refractivity contribution in [3.63, 3.8) is 0 Å². The van der Waals surface area contributed by atoms with Gasteiger partial charge in [-0.15, -0.1) is 0 Å². The lowest BCUT2D eigenvalue weighted by Crippen LogP contribution is -2.39. The third-order valence-electron chi connectivity index (χ3n) is 5.26. The van der Waals surface area contributed by atoms with E-state index in [0.29, 0.717) is 26.2 Å². The van der Waals surface area contributed by atoms with Crippen LogP contribution in [-0.2, 0) is 14.9 Å². The number of nitrogens with two attached hydrogens (primary N) is 1. The fourth-order valence-corrected chi connectivity index (χ4v) is 3.90. The van der Waals surface area contributed by atoms with Crippen molar-refractivity contribution in [2.24, 2.45) is 5.84 Å². The van der Waals surface area contributed by atoms with E-state index in [1.807, 2.05) is 4.90 Å². The van der Waals surface area contributed by atoms with Gasteiger partial charge in [-0.05, 0) is 12.8 Å². The number of nitrogens with zero attached hydrogens (tertiary/aromatic N) is 1. The summed E-state index contributed by atoms with van der Waals surface area (Å²) in [5.41, 5.74) is 2.59. The van der Waals surface area contributed by atoms with E-state index < -0.39 is 10.1 Å². The fourth-order valence-electron chi connectivity index (χ4n) is 3.41. The fraction of sp³-hybridized carbons (Fsp3) is 1.00. The Morgan fingerprint density at radius 2 is 1.45 bits per heavy atom. The Balaban J connectivity index is 4.34. The van der Waals surface area contributed by atoms with Gasteiger partial charge >= 0.3 is 0 Å². The van der Waals surface area contributed by atoms with Crippen molar-refractivity contribution in [2.45, 2.75) is 97.0 Å². The van der Waals surface area contributed by atoms with Gasteiger partial charge in [0, 0.05) is 26.2 Å². The smallest absolute Gasteiger partial charge is 0.266 e. The second kappa shape index (κ2) is 19.7. The molecule has 0 unspecified atom stereocenters. The highest BCUT2D eigenvalue weighted by Crippen LogP contribution is 2.16. The van der Waals surface area contributed by atoms with Crippen molar-refractivity contribution < 1.29 is 17.7 Å². The van der Waals surface area contributed by atoms with Gasteiger partial charge in [0.2, 0.25) is 0 Å². The predicted octanol–water partition coefficient (Wildman–Crippen LogP) is 3.75. The number of ether oxygens (including phenoxy) is 1. The van der Waals surface area contributed by atoms with E-state index in [1.54, 1.807) is 0 Å². The highest BCUT2D eigenvalue weighted by molar-refractivity contribution is 7.85. The number of unbranched alkanes of at least 4 members (excludes halogenated alkanes) is 8. The minimum atomic E-state index is -3.96. The van der Waals surface area contributed by atoms with Crippen LogP contribution in [0.4, 0.5) is 0 Å². The standard InChI is InChI=1S/C21H47N3O4S/c1-3-5-7-9-11-13-21(14-12-10-8-6-4-2)28-19-17-24(16-15-23-22)18-20-29(25,26)27/h21,23H,3-20,22H2,1-2H3,(H,25,26,27). The van der Waals surface area contributed by atoms with E-state index in [-0.39, 0.29) is 18.4 Å². The Morgan fingerprint density at radius 1 is 0.897 bits per heavy atom. The van der Waals surface area contributed by atoms with Gasteiger partial charge in [-0.1, -0.05) is 78.1 Å². The maximum atomic E-state index is 11.0. The van der Waals surface area contributed by atoms with E-state index >= 15 is 0 Å². The highest BCUT2D eigenvalue weighted by Gasteiger charge is 2.13. The van der Waals surface area contributed by atoms with E-state index in [1.165, 1.54) is 64.2 Å². The summed E-state index contributed by atoms with van der Waals surface area (Å²) in [6.45, 7) is 7.14. The molecule has 0 aliphatic carbocycles. The van der Waals surface area contributed by atoms with Crippen LogP contribution in [0.25, 0.3) is 0 Å². The average molecular weight is 438 g/mol. The molecule has 0 saturated carbocycles. The SMILES string of the molecule is CCCCCCCC(CCCCCCC)OCCN(CCNN)CCS(=O)(=O)O. The molecule has 0 radical (unpaired) electrons. The maximum absolute atomic E-state index is 11.0. The molecule has 0 atom stereocenters. The summed E-state index contributed by atoms with van der Waals surface area (Å²) in [6.07, 6.45) is 15.2. The van der Waals surface area contributed by atoms with Crippen molar-refractivity contribution >= 4 is 10.1 Å². The molecule has 0 aliphatic heterocycles. The summed E-state index contributed by atoms with van der Waals surface area (Å²) < 4.78 is 37.3. The zero-order valence-electron chi connectivity index (χ0n) is 18.9. The zero-order valence-corrected chi connectivity index (χ0v) is 19.7. The molecule has 0 spiro atoms. The van der Waals surface area contributed by atoms with Crippen LogP contribution in [0.15, 0.2) is 0 Å². The molecule has 8 heteroatoms. The molecule has 0 rings (SSSR count). The highest BCUT2D eigenvalue weighted by atomic mass is 32.2. The van der Waals surface area contributed by atoms with Crippen molar-refractivity contribution in [1.82, 2.24) is 10.3 Å².